The van der Waals surface area contributed by atoms with Crippen molar-refractivity contribution in [1.29, 1.82) is 0 Å². The summed E-state index contributed by atoms with van der Waals surface area (Å²) < 4.78 is 11.5. The smallest absolute Gasteiger partial charge is 0.360 e. The zero-order chi connectivity index (χ0) is 13.4. The first-order chi connectivity index (χ1) is 8.70. The lowest BCUT2D eigenvalue weighted by molar-refractivity contribution is 0.0380. The molecule has 0 N–H and O–H groups in total. The summed E-state index contributed by atoms with van der Waals surface area (Å²) in [6.07, 6.45) is 0. The average molecular weight is 273 g/mol. The molecule has 0 aliphatic heterocycles. The van der Waals surface area contributed by atoms with Crippen molar-refractivity contribution in [1.82, 2.24) is 15.0 Å². The molecule has 0 spiro atoms. The number of methoxy groups -OCH3 is 1. The molecule has 0 aliphatic rings. The van der Waals surface area contributed by atoms with Crippen molar-refractivity contribution in [2.45, 2.75) is 20.4 Å². The lowest BCUT2D eigenvalue weighted by Crippen LogP contribution is -2.12. The largest absolute Gasteiger partial charge is 0.458 e. The summed E-state index contributed by atoms with van der Waals surface area (Å²) in [6, 6.07) is 0. The maximum atomic E-state index is 11.7. The molecule has 0 atom stereocenters. The van der Waals surface area contributed by atoms with Gasteiger partial charge in [-0.2, -0.15) is 11.8 Å². The summed E-state index contributed by atoms with van der Waals surface area (Å²) in [6.45, 7) is 5.29. The van der Waals surface area contributed by atoms with Crippen molar-refractivity contribution in [3.63, 3.8) is 0 Å². The number of carbonyl (C=O) groups excluding carboxylic acids is 1. The fourth-order valence-electron chi connectivity index (χ4n) is 1.34. The molecule has 1 heterocycles. The van der Waals surface area contributed by atoms with Gasteiger partial charge in [0.05, 0.1) is 18.8 Å². The first kappa shape index (κ1) is 15.0. The van der Waals surface area contributed by atoms with Crippen LogP contribution in [0.5, 0.6) is 0 Å². The number of nitrogens with zero attached hydrogens (tertiary/aromatic N) is 3. The Bertz CT molecular complexity index is 382. The Kier molecular flexibility index (Phi) is 6.74. The molecule has 0 saturated heterocycles. The van der Waals surface area contributed by atoms with E-state index in [1.807, 2.05) is 18.7 Å². The highest BCUT2D eigenvalue weighted by Gasteiger charge is 2.17. The Morgan fingerprint density at radius 2 is 2.22 bits per heavy atom. The van der Waals surface area contributed by atoms with E-state index in [0.717, 1.165) is 23.7 Å². The van der Waals surface area contributed by atoms with Crippen molar-refractivity contribution in [2.75, 3.05) is 31.8 Å². The molecule has 0 amide bonds. The fraction of sp³-hybridized carbons (Fsp3) is 0.727. The molecule has 18 heavy (non-hydrogen) atoms. The second-order valence-corrected chi connectivity index (χ2v) is 4.97. The molecule has 0 bridgehead atoms. The third-order valence-electron chi connectivity index (χ3n) is 2.35. The van der Waals surface area contributed by atoms with E-state index in [4.69, 9.17) is 9.47 Å². The van der Waals surface area contributed by atoms with Gasteiger partial charge in [0, 0.05) is 12.9 Å². The van der Waals surface area contributed by atoms with Gasteiger partial charge in [0.1, 0.15) is 6.61 Å². The van der Waals surface area contributed by atoms with Crippen LogP contribution < -0.4 is 0 Å². The molecule has 0 radical (unpaired) electrons. The minimum atomic E-state index is -0.445. The summed E-state index contributed by atoms with van der Waals surface area (Å²) in [5.41, 5.74) is 1.03. The van der Waals surface area contributed by atoms with Crippen LogP contribution in [-0.2, 0) is 16.0 Å². The molecule has 0 fully saturated rings. The normalized spacial score (nSPS) is 10.6. The minimum absolute atomic E-state index is 0.229. The Labute approximate surface area is 111 Å². The summed E-state index contributed by atoms with van der Waals surface area (Å²) in [5.74, 6) is 1.58. The molecule has 7 heteroatoms. The molecule has 1 aromatic heterocycles. The van der Waals surface area contributed by atoms with Gasteiger partial charge in [-0.05, 0) is 12.7 Å². The SMILES string of the molecule is CCSCCn1nnc(C(=O)OCCOC)c1C. The van der Waals surface area contributed by atoms with Crippen LogP contribution in [0.2, 0.25) is 0 Å². The van der Waals surface area contributed by atoms with Gasteiger partial charge in [-0.15, -0.1) is 5.10 Å². The molecule has 0 aliphatic carbocycles. The van der Waals surface area contributed by atoms with E-state index in [9.17, 15) is 4.79 Å². The van der Waals surface area contributed by atoms with Gasteiger partial charge < -0.3 is 9.47 Å². The lowest BCUT2D eigenvalue weighted by atomic mass is 10.3. The van der Waals surface area contributed by atoms with Crippen LogP contribution in [0.15, 0.2) is 0 Å². The van der Waals surface area contributed by atoms with Crippen LogP contribution in [0.4, 0.5) is 0 Å². The van der Waals surface area contributed by atoms with Gasteiger partial charge in [-0.3, -0.25) is 0 Å². The molecule has 1 aromatic rings. The van der Waals surface area contributed by atoms with E-state index in [-0.39, 0.29) is 12.3 Å². The van der Waals surface area contributed by atoms with Gasteiger partial charge in [0.15, 0.2) is 5.69 Å². The highest BCUT2D eigenvalue weighted by molar-refractivity contribution is 7.99. The lowest BCUT2D eigenvalue weighted by Gasteiger charge is -2.04. The number of thioether (sulfide) groups is 1. The standard InChI is InChI=1S/C11H19N3O3S/c1-4-18-8-5-14-9(2)10(12-13-14)11(15)17-7-6-16-3/h4-8H2,1-3H3. The van der Waals surface area contributed by atoms with E-state index < -0.39 is 5.97 Å². The van der Waals surface area contributed by atoms with Gasteiger partial charge in [0.2, 0.25) is 0 Å². The Hall–Kier alpha value is -1.08. The molecule has 6 nitrogen and oxygen atoms in total. The van der Waals surface area contributed by atoms with Gasteiger partial charge in [-0.25, -0.2) is 9.48 Å². The number of carbonyl (C=O) groups is 1. The zero-order valence-corrected chi connectivity index (χ0v) is 11.8. The number of ether oxygens (including phenoxy) is 2. The van der Waals surface area contributed by atoms with Crippen molar-refractivity contribution >= 4 is 17.7 Å². The number of aryl methyl sites for hydroxylation is 1. The molecule has 0 unspecified atom stereocenters. The summed E-state index contributed by atoms with van der Waals surface area (Å²) >= 11 is 1.82. The second-order valence-electron chi connectivity index (χ2n) is 3.57. The molecule has 0 aromatic carbocycles. The fourth-order valence-corrected chi connectivity index (χ4v) is 1.93. The van der Waals surface area contributed by atoms with E-state index in [1.54, 1.807) is 11.8 Å². The van der Waals surface area contributed by atoms with Crippen LogP contribution in [-0.4, -0.2) is 52.8 Å². The molecular formula is C11H19N3O3S. The number of hydrogen-bond acceptors (Lipinski definition) is 6. The van der Waals surface area contributed by atoms with Crippen molar-refractivity contribution in [2.24, 2.45) is 0 Å². The van der Waals surface area contributed by atoms with E-state index in [0.29, 0.717) is 6.61 Å². The monoisotopic (exact) mass is 273 g/mol. The minimum Gasteiger partial charge on any atom is -0.458 e. The first-order valence-corrected chi connectivity index (χ1v) is 7.00. The van der Waals surface area contributed by atoms with Crippen LogP contribution in [0.1, 0.15) is 23.1 Å². The molecule has 0 saturated carbocycles. The Morgan fingerprint density at radius 3 is 2.89 bits per heavy atom. The number of esters is 1. The topological polar surface area (TPSA) is 66.2 Å². The maximum Gasteiger partial charge on any atom is 0.360 e. The second kappa shape index (κ2) is 8.10. The van der Waals surface area contributed by atoms with Crippen molar-refractivity contribution in [3.05, 3.63) is 11.4 Å². The third-order valence-corrected chi connectivity index (χ3v) is 3.23. The predicted octanol–water partition coefficient (Wildman–Crippen LogP) is 1.14. The average Bonchev–Trinajstić information content (AvgIpc) is 2.72. The van der Waals surface area contributed by atoms with Crippen LogP contribution in [0.25, 0.3) is 0 Å². The third kappa shape index (κ3) is 4.30. The predicted molar refractivity (Wildman–Crippen MR) is 69.9 cm³/mol. The van der Waals surface area contributed by atoms with Crippen molar-refractivity contribution < 1.29 is 14.3 Å². The maximum absolute atomic E-state index is 11.7. The molecule has 102 valence electrons. The van der Waals surface area contributed by atoms with E-state index >= 15 is 0 Å². The van der Waals surface area contributed by atoms with Crippen molar-refractivity contribution in [3.8, 4) is 0 Å². The van der Waals surface area contributed by atoms with E-state index in [1.165, 1.54) is 0 Å². The zero-order valence-electron chi connectivity index (χ0n) is 11.0. The number of hydrogen-bond donors (Lipinski definition) is 0. The highest BCUT2D eigenvalue weighted by Crippen LogP contribution is 2.07. The summed E-state index contributed by atoms with van der Waals surface area (Å²) in [7, 11) is 1.56. The first-order valence-electron chi connectivity index (χ1n) is 5.84. The number of aromatic nitrogens is 3. The molecule has 1 rings (SSSR count). The molecular weight excluding hydrogens is 254 g/mol. The van der Waals surface area contributed by atoms with Gasteiger partial charge >= 0.3 is 5.97 Å². The highest BCUT2D eigenvalue weighted by atomic mass is 32.2. The summed E-state index contributed by atoms with van der Waals surface area (Å²) in [4.78, 5) is 11.7. The van der Waals surface area contributed by atoms with E-state index in [2.05, 4.69) is 17.2 Å². The van der Waals surface area contributed by atoms with Gasteiger partial charge in [-0.1, -0.05) is 12.1 Å². The Morgan fingerprint density at radius 1 is 1.44 bits per heavy atom. The van der Waals surface area contributed by atoms with Crippen LogP contribution in [0, 0.1) is 6.92 Å². The van der Waals surface area contributed by atoms with Gasteiger partial charge in [0.25, 0.3) is 0 Å². The summed E-state index contributed by atoms with van der Waals surface area (Å²) in [5, 5.41) is 7.82. The van der Waals surface area contributed by atoms with Crippen LogP contribution in [0.3, 0.4) is 0 Å². The van der Waals surface area contributed by atoms with Crippen LogP contribution >= 0.6 is 11.8 Å². The Balaban J connectivity index is 2.53. The number of rotatable bonds is 8. The quantitative estimate of drug-likeness (QED) is 0.523.